The molecule has 1 saturated heterocycles. The summed E-state index contributed by atoms with van der Waals surface area (Å²) < 4.78 is 16.7. The molecule has 0 bridgehead atoms. The highest BCUT2D eigenvalue weighted by atomic mass is 35.5. The lowest BCUT2D eigenvalue weighted by molar-refractivity contribution is 0.0600. The fourth-order valence-corrected chi connectivity index (χ4v) is 4.35. The second-order valence-electron chi connectivity index (χ2n) is 8.80. The number of esters is 1. The quantitative estimate of drug-likeness (QED) is 0.465. The molecule has 188 valence electrons. The molecule has 2 fully saturated rings. The van der Waals surface area contributed by atoms with E-state index in [1.807, 2.05) is 12.1 Å². The van der Waals surface area contributed by atoms with Gasteiger partial charge in [-0.3, -0.25) is 4.79 Å². The van der Waals surface area contributed by atoms with Gasteiger partial charge in [0.2, 0.25) is 0 Å². The van der Waals surface area contributed by atoms with Gasteiger partial charge in [-0.25, -0.2) is 14.2 Å². The Bertz CT molecular complexity index is 1220. The number of nitrogens with one attached hydrogen (secondary N) is 1. The molecule has 1 aliphatic carbocycles. The maximum absolute atomic E-state index is 13.1. The lowest BCUT2D eigenvalue weighted by Crippen LogP contribution is -2.36. The van der Waals surface area contributed by atoms with Crippen LogP contribution in [0.4, 0.5) is 10.2 Å². The normalized spacial score (nSPS) is 15.5. The highest BCUT2D eigenvalue weighted by Crippen LogP contribution is 2.46. The van der Waals surface area contributed by atoms with Gasteiger partial charge in [-0.05, 0) is 61.6 Å². The number of carbonyl (C=O) groups excluding carboxylic acids is 2. The number of hydrogen-bond acceptors (Lipinski definition) is 6. The number of carbonyl (C=O) groups is 2. The lowest BCUT2D eigenvalue weighted by atomic mass is 10.0. The molecule has 7 nitrogen and oxygen atoms in total. The van der Waals surface area contributed by atoms with E-state index < -0.39 is 11.4 Å². The summed E-state index contributed by atoms with van der Waals surface area (Å²) in [7, 11) is 1.36. The van der Waals surface area contributed by atoms with Crippen LogP contribution in [-0.2, 0) is 10.3 Å². The third-order valence-corrected chi connectivity index (χ3v) is 6.46. The van der Waals surface area contributed by atoms with Crippen molar-refractivity contribution in [3.8, 4) is 5.75 Å². The molecule has 1 aromatic heterocycles. The van der Waals surface area contributed by atoms with E-state index in [1.165, 1.54) is 25.3 Å². The first kappa shape index (κ1) is 25.4. The fourth-order valence-electron chi connectivity index (χ4n) is 4.19. The third-order valence-electron chi connectivity index (χ3n) is 6.25. The Morgan fingerprint density at radius 2 is 1.81 bits per heavy atom. The van der Waals surface area contributed by atoms with Crippen molar-refractivity contribution in [2.24, 2.45) is 0 Å². The predicted molar refractivity (Wildman–Crippen MR) is 135 cm³/mol. The average molecular weight is 512 g/mol. The van der Waals surface area contributed by atoms with Crippen LogP contribution in [0.2, 0.25) is 5.02 Å². The highest BCUT2D eigenvalue weighted by molar-refractivity contribution is 6.31. The van der Waals surface area contributed by atoms with E-state index in [9.17, 15) is 14.0 Å². The van der Waals surface area contributed by atoms with Crippen LogP contribution in [0.3, 0.4) is 0 Å². The van der Waals surface area contributed by atoms with Gasteiger partial charge in [0.05, 0.1) is 28.8 Å². The molecule has 0 spiro atoms. The number of ether oxygens (including phenoxy) is 1. The van der Waals surface area contributed by atoms with Crippen molar-refractivity contribution in [1.82, 2.24) is 10.3 Å². The third kappa shape index (κ3) is 5.94. The van der Waals surface area contributed by atoms with Gasteiger partial charge in [0.25, 0.3) is 5.91 Å². The van der Waals surface area contributed by atoms with Gasteiger partial charge >= 0.3 is 5.97 Å². The molecule has 2 N–H and O–H groups in total. The van der Waals surface area contributed by atoms with Gasteiger partial charge in [-0.15, -0.1) is 0 Å². The van der Waals surface area contributed by atoms with Crippen LogP contribution < -0.4 is 10.2 Å². The summed E-state index contributed by atoms with van der Waals surface area (Å²) in [5.74, 6) is -0.307. The van der Waals surface area contributed by atoms with Gasteiger partial charge in [-0.1, -0.05) is 29.8 Å². The fraction of sp³-hybridized carbons (Fsp3) is 0.296. The monoisotopic (exact) mass is 511 g/mol. The number of anilines is 1. The SMILES string of the molecule is COC(=O)c1ccc(C2(NC(=O)c3cc(Cl)cnc3N3CCCC3)CC2)cc1.Oc1cccc(F)c1. The number of hydrogen-bond donors (Lipinski definition) is 2. The first-order chi connectivity index (χ1) is 17.3. The lowest BCUT2D eigenvalue weighted by Gasteiger charge is -2.22. The molecule has 2 heterocycles. The molecular formula is C27H27ClFN3O4. The first-order valence-corrected chi connectivity index (χ1v) is 12.1. The number of aromatic nitrogens is 1. The minimum atomic E-state index is -0.412. The standard InChI is InChI=1S/C21H22ClN3O3.C6H5FO/c1-28-20(27)14-4-6-15(7-5-14)21(8-9-21)24-19(26)17-12-16(22)13-23-18(17)25-10-2-3-11-25;7-5-2-1-3-6(8)4-5/h4-7,12-13H,2-3,8-11H2,1H3,(H,24,26);1-4,8H. The summed E-state index contributed by atoms with van der Waals surface area (Å²) in [5, 5.41) is 12.2. The number of pyridine rings is 1. The predicted octanol–water partition coefficient (Wildman–Crippen LogP) is 5.07. The van der Waals surface area contributed by atoms with Gasteiger partial charge < -0.3 is 20.1 Å². The largest absolute Gasteiger partial charge is 0.508 e. The van der Waals surface area contributed by atoms with Crippen LogP contribution in [0.25, 0.3) is 0 Å². The van der Waals surface area contributed by atoms with Crippen molar-refractivity contribution in [3.05, 3.63) is 88.3 Å². The molecule has 9 heteroatoms. The number of phenolic OH excluding ortho intramolecular Hbond substituents is 1. The van der Waals surface area contributed by atoms with Gasteiger partial charge in [0, 0.05) is 25.4 Å². The van der Waals surface area contributed by atoms with Crippen molar-refractivity contribution in [2.75, 3.05) is 25.1 Å². The molecule has 2 aliphatic rings. The maximum Gasteiger partial charge on any atom is 0.337 e. The van der Waals surface area contributed by atoms with Crippen molar-refractivity contribution in [1.29, 1.82) is 0 Å². The zero-order valence-corrected chi connectivity index (χ0v) is 20.6. The molecule has 5 rings (SSSR count). The minimum Gasteiger partial charge on any atom is -0.508 e. The topological polar surface area (TPSA) is 91.8 Å². The summed E-state index contributed by atoms with van der Waals surface area (Å²) >= 11 is 6.13. The van der Waals surface area contributed by atoms with E-state index in [0.717, 1.165) is 50.4 Å². The molecule has 0 unspecified atom stereocenters. The van der Waals surface area contributed by atoms with Crippen molar-refractivity contribution < 1.29 is 23.8 Å². The van der Waals surface area contributed by atoms with Gasteiger partial charge in [0.1, 0.15) is 17.4 Å². The minimum absolute atomic E-state index is 0.0370. The molecule has 0 atom stereocenters. The number of aromatic hydroxyl groups is 1. The van der Waals surface area contributed by atoms with Crippen LogP contribution in [0.1, 0.15) is 52.0 Å². The molecule has 1 amide bonds. The van der Waals surface area contributed by atoms with Crippen molar-refractivity contribution in [3.63, 3.8) is 0 Å². The van der Waals surface area contributed by atoms with Crippen LogP contribution in [0.5, 0.6) is 5.75 Å². The van der Waals surface area contributed by atoms with E-state index in [-0.39, 0.29) is 17.6 Å². The summed E-state index contributed by atoms with van der Waals surface area (Å²) in [6, 6.07) is 14.1. The average Bonchev–Trinajstić information content (AvgIpc) is 3.44. The molecule has 3 aromatic rings. The van der Waals surface area contributed by atoms with E-state index in [0.29, 0.717) is 22.0 Å². The Labute approximate surface area is 213 Å². The number of phenols is 1. The Morgan fingerprint density at radius 1 is 1.11 bits per heavy atom. The number of methoxy groups -OCH3 is 1. The molecule has 0 radical (unpaired) electrons. The van der Waals surface area contributed by atoms with E-state index >= 15 is 0 Å². The maximum atomic E-state index is 13.1. The van der Waals surface area contributed by atoms with Crippen LogP contribution >= 0.6 is 11.6 Å². The zero-order chi connectivity index (χ0) is 25.7. The van der Waals surface area contributed by atoms with Crippen molar-refractivity contribution in [2.45, 2.75) is 31.2 Å². The zero-order valence-electron chi connectivity index (χ0n) is 19.8. The Hall–Kier alpha value is -3.65. The van der Waals surface area contributed by atoms with Gasteiger partial charge in [0.15, 0.2) is 0 Å². The Balaban J connectivity index is 0.000000325. The molecule has 2 aromatic carbocycles. The molecule has 36 heavy (non-hydrogen) atoms. The van der Waals surface area contributed by atoms with Crippen LogP contribution in [-0.4, -0.2) is 42.2 Å². The van der Waals surface area contributed by atoms with E-state index in [2.05, 4.69) is 15.2 Å². The van der Waals surface area contributed by atoms with Crippen LogP contribution in [0.15, 0.2) is 60.8 Å². The molecule has 1 saturated carbocycles. The van der Waals surface area contributed by atoms with E-state index in [1.54, 1.807) is 24.4 Å². The smallest absolute Gasteiger partial charge is 0.337 e. The summed E-state index contributed by atoms with van der Waals surface area (Å²) in [4.78, 5) is 31.3. The summed E-state index contributed by atoms with van der Waals surface area (Å²) in [6.07, 6.45) is 5.49. The molecule has 1 aliphatic heterocycles. The number of halogens is 2. The first-order valence-electron chi connectivity index (χ1n) is 11.7. The second kappa shape index (κ2) is 11.0. The Morgan fingerprint density at radius 3 is 2.36 bits per heavy atom. The molecular weight excluding hydrogens is 485 g/mol. The number of rotatable bonds is 5. The summed E-state index contributed by atoms with van der Waals surface area (Å²) in [6.45, 7) is 1.80. The second-order valence-corrected chi connectivity index (χ2v) is 9.24. The number of nitrogens with zero attached hydrogens (tertiary/aromatic N) is 2. The van der Waals surface area contributed by atoms with E-state index in [4.69, 9.17) is 21.4 Å². The number of benzene rings is 2. The number of amides is 1. The van der Waals surface area contributed by atoms with Crippen LogP contribution in [0, 0.1) is 5.82 Å². The summed E-state index contributed by atoms with van der Waals surface area (Å²) in [5.41, 5.74) is 1.57. The Kier molecular flexibility index (Phi) is 7.74. The highest BCUT2D eigenvalue weighted by Gasteiger charge is 2.46. The van der Waals surface area contributed by atoms with Gasteiger partial charge in [-0.2, -0.15) is 0 Å². The van der Waals surface area contributed by atoms with Crippen molar-refractivity contribution >= 4 is 29.3 Å².